The van der Waals surface area contributed by atoms with E-state index in [1.54, 1.807) is 37.5 Å². The van der Waals surface area contributed by atoms with Crippen molar-refractivity contribution in [3.05, 3.63) is 36.0 Å². The quantitative estimate of drug-likeness (QED) is 0.903. The molecule has 0 saturated carbocycles. The Balaban J connectivity index is 2.29. The van der Waals surface area contributed by atoms with E-state index >= 15 is 0 Å². The molecule has 96 valence electrons. The average molecular weight is 256 g/mol. The Morgan fingerprint density at radius 2 is 2.05 bits per heavy atom. The normalized spacial score (nSPS) is 9.53. The lowest BCUT2D eigenvalue weighted by Gasteiger charge is -2.08. The zero-order valence-electron chi connectivity index (χ0n) is 10.5. The van der Waals surface area contributed by atoms with Crippen molar-refractivity contribution in [1.82, 2.24) is 9.97 Å². The summed E-state index contributed by atoms with van der Waals surface area (Å²) in [7, 11) is 3.25. The SMILES string of the molecule is CNc1nccc(Oc2cc(C#N)cc(OC)c2)n1. The van der Waals surface area contributed by atoms with Crippen LogP contribution in [0.15, 0.2) is 30.5 Å². The summed E-state index contributed by atoms with van der Waals surface area (Å²) in [5, 5.41) is 11.8. The summed E-state index contributed by atoms with van der Waals surface area (Å²) in [5.74, 6) is 1.88. The molecule has 0 radical (unpaired) electrons. The maximum Gasteiger partial charge on any atom is 0.225 e. The predicted octanol–water partition coefficient (Wildman–Crippen LogP) is 2.19. The molecule has 6 heteroatoms. The third-order valence-corrected chi connectivity index (χ3v) is 2.32. The van der Waals surface area contributed by atoms with Crippen molar-refractivity contribution >= 4 is 5.95 Å². The Hall–Kier alpha value is -2.81. The summed E-state index contributed by atoms with van der Waals surface area (Å²) < 4.78 is 10.7. The average Bonchev–Trinajstić information content (AvgIpc) is 2.47. The number of hydrogen-bond donors (Lipinski definition) is 1. The van der Waals surface area contributed by atoms with Gasteiger partial charge in [0.1, 0.15) is 11.5 Å². The van der Waals surface area contributed by atoms with Crippen LogP contribution in [0.25, 0.3) is 0 Å². The predicted molar refractivity (Wildman–Crippen MR) is 69.4 cm³/mol. The van der Waals surface area contributed by atoms with Crippen LogP contribution in [0.3, 0.4) is 0 Å². The van der Waals surface area contributed by atoms with E-state index in [1.807, 2.05) is 6.07 Å². The molecule has 0 spiro atoms. The van der Waals surface area contributed by atoms with Crippen molar-refractivity contribution in [2.24, 2.45) is 0 Å². The fourth-order valence-corrected chi connectivity index (χ4v) is 1.45. The van der Waals surface area contributed by atoms with Crippen LogP contribution in [0.5, 0.6) is 17.4 Å². The Bertz CT molecular complexity index is 622. The standard InChI is InChI=1S/C13H12N4O2/c1-15-13-16-4-3-12(17-13)19-11-6-9(8-14)5-10(7-11)18-2/h3-7H,1-2H3,(H,15,16,17). The minimum Gasteiger partial charge on any atom is -0.497 e. The highest BCUT2D eigenvalue weighted by Gasteiger charge is 2.05. The number of rotatable bonds is 4. The number of methoxy groups -OCH3 is 1. The minimum absolute atomic E-state index is 0.386. The first kappa shape index (κ1) is 12.6. The van der Waals surface area contributed by atoms with Gasteiger partial charge < -0.3 is 14.8 Å². The fraction of sp³-hybridized carbons (Fsp3) is 0.154. The molecule has 0 fully saturated rings. The lowest BCUT2D eigenvalue weighted by atomic mass is 10.2. The molecule has 0 aliphatic heterocycles. The van der Waals surface area contributed by atoms with Crippen LogP contribution in [0.4, 0.5) is 5.95 Å². The zero-order chi connectivity index (χ0) is 13.7. The molecule has 1 N–H and O–H groups in total. The molecule has 0 aliphatic carbocycles. The number of benzene rings is 1. The van der Waals surface area contributed by atoms with Crippen molar-refractivity contribution in [3.63, 3.8) is 0 Å². The molecule has 1 aromatic heterocycles. The molecule has 0 atom stereocenters. The van der Waals surface area contributed by atoms with Gasteiger partial charge in [0.2, 0.25) is 11.8 Å². The van der Waals surface area contributed by atoms with Gasteiger partial charge in [-0.05, 0) is 12.1 Å². The van der Waals surface area contributed by atoms with Crippen molar-refractivity contribution in [1.29, 1.82) is 5.26 Å². The van der Waals surface area contributed by atoms with Crippen LogP contribution in [-0.4, -0.2) is 24.1 Å². The van der Waals surface area contributed by atoms with Gasteiger partial charge in [-0.1, -0.05) is 0 Å². The first-order valence-corrected chi connectivity index (χ1v) is 5.53. The van der Waals surface area contributed by atoms with E-state index in [4.69, 9.17) is 14.7 Å². The van der Waals surface area contributed by atoms with Crippen LogP contribution in [-0.2, 0) is 0 Å². The topological polar surface area (TPSA) is 80.1 Å². The monoisotopic (exact) mass is 256 g/mol. The largest absolute Gasteiger partial charge is 0.497 e. The number of aromatic nitrogens is 2. The highest BCUT2D eigenvalue weighted by atomic mass is 16.5. The molecule has 6 nitrogen and oxygen atoms in total. The van der Waals surface area contributed by atoms with Crippen LogP contribution < -0.4 is 14.8 Å². The van der Waals surface area contributed by atoms with Gasteiger partial charge in [-0.25, -0.2) is 4.98 Å². The van der Waals surface area contributed by atoms with E-state index in [1.165, 1.54) is 7.11 Å². The fourth-order valence-electron chi connectivity index (χ4n) is 1.45. The van der Waals surface area contributed by atoms with Crippen molar-refractivity contribution in [2.45, 2.75) is 0 Å². The molecule has 0 unspecified atom stereocenters. The second kappa shape index (κ2) is 5.69. The number of ether oxygens (including phenoxy) is 2. The highest BCUT2D eigenvalue weighted by Crippen LogP contribution is 2.26. The molecule has 1 heterocycles. The lowest BCUT2D eigenvalue weighted by molar-refractivity contribution is 0.407. The first-order valence-electron chi connectivity index (χ1n) is 5.53. The Morgan fingerprint density at radius 3 is 2.74 bits per heavy atom. The minimum atomic E-state index is 0.386. The summed E-state index contributed by atoms with van der Waals surface area (Å²) in [4.78, 5) is 8.12. The molecule has 0 saturated heterocycles. The molecule has 1 aromatic carbocycles. The van der Waals surface area contributed by atoms with Gasteiger partial charge in [-0.15, -0.1) is 0 Å². The maximum atomic E-state index is 8.93. The zero-order valence-corrected chi connectivity index (χ0v) is 10.5. The molecule has 2 aromatic rings. The van der Waals surface area contributed by atoms with Crippen molar-refractivity contribution in [3.8, 4) is 23.4 Å². The van der Waals surface area contributed by atoms with Gasteiger partial charge in [0, 0.05) is 25.4 Å². The van der Waals surface area contributed by atoms with Gasteiger partial charge in [-0.2, -0.15) is 10.2 Å². The van der Waals surface area contributed by atoms with Gasteiger partial charge >= 0.3 is 0 Å². The molecule has 19 heavy (non-hydrogen) atoms. The van der Waals surface area contributed by atoms with E-state index in [2.05, 4.69) is 15.3 Å². The van der Waals surface area contributed by atoms with E-state index in [9.17, 15) is 0 Å². The van der Waals surface area contributed by atoms with Gasteiger partial charge in [0.05, 0.1) is 18.7 Å². The Morgan fingerprint density at radius 1 is 1.26 bits per heavy atom. The summed E-state index contributed by atoms with van der Waals surface area (Å²) >= 11 is 0. The van der Waals surface area contributed by atoms with Crippen LogP contribution >= 0.6 is 0 Å². The smallest absolute Gasteiger partial charge is 0.225 e. The second-order valence-corrected chi connectivity index (χ2v) is 3.58. The molecule has 2 rings (SSSR count). The van der Waals surface area contributed by atoms with Crippen molar-refractivity contribution < 1.29 is 9.47 Å². The third kappa shape index (κ3) is 3.10. The molecular weight excluding hydrogens is 244 g/mol. The van der Waals surface area contributed by atoms with Crippen LogP contribution in [0, 0.1) is 11.3 Å². The molecular formula is C13H12N4O2. The number of anilines is 1. The number of nitrogens with one attached hydrogen (secondary N) is 1. The lowest BCUT2D eigenvalue weighted by Crippen LogP contribution is -1.97. The van der Waals surface area contributed by atoms with Gasteiger partial charge in [-0.3, -0.25) is 0 Å². The van der Waals surface area contributed by atoms with Crippen LogP contribution in [0.2, 0.25) is 0 Å². The van der Waals surface area contributed by atoms with Gasteiger partial charge in [0.25, 0.3) is 0 Å². The Kier molecular flexibility index (Phi) is 3.78. The summed E-state index contributed by atoms with van der Waals surface area (Å²) in [5.41, 5.74) is 0.456. The third-order valence-electron chi connectivity index (χ3n) is 2.32. The van der Waals surface area contributed by atoms with E-state index in [0.717, 1.165) is 0 Å². The maximum absolute atomic E-state index is 8.93. The summed E-state index contributed by atoms with van der Waals surface area (Å²) in [6.07, 6.45) is 1.58. The summed E-state index contributed by atoms with van der Waals surface area (Å²) in [6.45, 7) is 0. The molecule has 0 amide bonds. The molecule has 0 aliphatic rings. The number of hydrogen-bond acceptors (Lipinski definition) is 6. The molecule has 0 bridgehead atoms. The number of nitrogens with zero attached hydrogens (tertiary/aromatic N) is 3. The summed E-state index contributed by atoms with van der Waals surface area (Å²) in [6, 6.07) is 8.60. The van der Waals surface area contributed by atoms with Crippen molar-refractivity contribution in [2.75, 3.05) is 19.5 Å². The van der Waals surface area contributed by atoms with E-state index in [-0.39, 0.29) is 0 Å². The highest BCUT2D eigenvalue weighted by molar-refractivity contribution is 5.45. The van der Waals surface area contributed by atoms with E-state index in [0.29, 0.717) is 28.9 Å². The number of nitriles is 1. The Labute approximate surface area is 110 Å². The second-order valence-electron chi connectivity index (χ2n) is 3.58. The first-order chi connectivity index (χ1) is 9.25. The van der Waals surface area contributed by atoms with Gasteiger partial charge in [0.15, 0.2) is 0 Å². The van der Waals surface area contributed by atoms with E-state index < -0.39 is 0 Å². The van der Waals surface area contributed by atoms with Crippen LogP contribution in [0.1, 0.15) is 5.56 Å².